The minimum Gasteiger partial charge on any atom is -0.488 e. The summed E-state index contributed by atoms with van der Waals surface area (Å²) < 4.78 is 7.65. The average molecular weight is 384 g/mol. The van der Waals surface area contributed by atoms with Crippen LogP contribution in [0.4, 0.5) is 0 Å². The minimum atomic E-state index is -0.00497. The zero-order valence-electron chi connectivity index (χ0n) is 9.99. The number of amidine groups is 1. The first-order chi connectivity index (χ1) is 9.08. The van der Waals surface area contributed by atoms with Crippen LogP contribution in [0.15, 0.2) is 51.4 Å². The van der Waals surface area contributed by atoms with E-state index in [1.165, 1.54) is 0 Å². The van der Waals surface area contributed by atoms with Crippen LogP contribution < -0.4 is 10.5 Å². The molecule has 0 aromatic heterocycles. The van der Waals surface area contributed by atoms with Gasteiger partial charge in [0.1, 0.15) is 18.2 Å². The molecule has 0 bridgehead atoms. The van der Waals surface area contributed by atoms with E-state index in [0.717, 1.165) is 14.5 Å². The maximum absolute atomic E-state index is 7.55. The van der Waals surface area contributed by atoms with E-state index in [9.17, 15) is 0 Å². The molecular formula is C14H12Br2N2O. The fourth-order valence-electron chi connectivity index (χ4n) is 1.61. The van der Waals surface area contributed by atoms with Gasteiger partial charge in [0.25, 0.3) is 0 Å². The summed E-state index contributed by atoms with van der Waals surface area (Å²) in [6.07, 6.45) is 0. The zero-order chi connectivity index (χ0) is 13.8. The SMILES string of the molecule is N=C(N)c1ccc(Br)cc1OCc1ccccc1Br. The largest absolute Gasteiger partial charge is 0.488 e. The summed E-state index contributed by atoms with van der Waals surface area (Å²) >= 11 is 6.86. The number of nitrogens with two attached hydrogens (primary N) is 1. The molecule has 0 fully saturated rings. The predicted octanol–water partition coefficient (Wildman–Crippen LogP) is 4.07. The molecule has 0 amide bonds. The van der Waals surface area contributed by atoms with Gasteiger partial charge in [0.2, 0.25) is 0 Å². The van der Waals surface area contributed by atoms with Crippen molar-refractivity contribution in [2.45, 2.75) is 6.61 Å². The summed E-state index contributed by atoms with van der Waals surface area (Å²) in [6, 6.07) is 13.3. The van der Waals surface area contributed by atoms with Gasteiger partial charge in [0, 0.05) is 14.5 Å². The maximum atomic E-state index is 7.55. The minimum absolute atomic E-state index is 0.00497. The first kappa shape index (κ1) is 14.1. The number of rotatable bonds is 4. The second kappa shape index (κ2) is 6.21. The normalized spacial score (nSPS) is 10.2. The molecule has 2 rings (SSSR count). The van der Waals surface area contributed by atoms with E-state index in [0.29, 0.717) is 17.9 Å². The third-order valence-electron chi connectivity index (χ3n) is 2.57. The van der Waals surface area contributed by atoms with Crippen LogP contribution in [0, 0.1) is 5.41 Å². The Labute approximate surface area is 128 Å². The zero-order valence-corrected chi connectivity index (χ0v) is 13.2. The van der Waals surface area contributed by atoms with E-state index in [2.05, 4.69) is 31.9 Å². The molecule has 0 saturated carbocycles. The van der Waals surface area contributed by atoms with E-state index in [-0.39, 0.29) is 5.84 Å². The van der Waals surface area contributed by atoms with E-state index >= 15 is 0 Å². The predicted molar refractivity (Wildman–Crippen MR) is 83.6 cm³/mol. The molecule has 0 heterocycles. The molecule has 2 aromatic rings. The number of hydrogen-bond donors (Lipinski definition) is 2. The standard InChI is InChI=1S/C14H12Br2N2O/c15-10-5-6-11(14(17)18)13(7-10)19-8-9-3-1-2-4-12(9)16/h1-7H,8H2,(H3,17,18). The summed E-state index contributed by atoms with van der Waals surface area (Å²) in [5.41, 5.74) is 7.17. The Balaban J connectivity index is 2.22. The Morgan fingerprint density at radius 1 is 1.16 bits per heavy atom. The lowest BCUT2D eigenvalue weighted by Crippen LogP contribution is -2.13. The molecule has 19 heavy (non-hydrogen) atoms. The Morgan fingerprint density at radius 2 is 1.89 bits per heavy atom. The maximum Gasteiger partial charge on any atom is 0.131 e. The van der Waals surface area contributed by atoms with Crippen molar-refractivity contribution in [1.82, 2.24) is 0 Å². The Morgan fingerprint density at radius 3 is 2.58 bits per heavy atom. The third-order valence-corrected chi connectivity index (χ3v) is 3.84. The lowest BCUT2D eigenvalue weighted by atomic mass is 10.2. The molecule has 0 unspecified atom stereocenters. The first-order valence-corrected chi connectivity index (χ1v) is 7.16. The van der Waals surface area contributed by atoms with Gasteiger partial charge in [-0.2, -0.15) is 0 Å². The number of nitrogens with one attached hydrogen (secondary N) is 1. The molecule has 0 atom stereocenters. The van der Waals surface area contributed by atoms with Gasteiger partial charge in [-0.05, 0) is 24.3 Å². The van der Waals surface area contributed by atoms with Crippen LogP contribution in [-0.4, -0.2) is 5.84 Å². The van der Waals surface area contributed by atoms with E-state index in [1.54, 1.807) is 6.07 Å². The highest BCUT2D eigenvalue weighted by Crippen LogP contribution is 2.25. The fourth-order valence-corrected chi connectivity index (χ4v) is 2.35. The topological polar surface area (TPSA) is 59.1 Å². The van der Waals surface area contributed by atoms with Gasteiger partial charge < -0.3 is 10.5 Å². The highest BCUT2D eigenvalue weighted by molar-refractivity contribution is 9.10. The molecule has 2 aromatic carbocycles. The summed E-state index contributed by atoms with van der Waals surface area (Å²) in [5.74, 6) is 0.590. The fraction of sp³-hybridized carbons (Fsp3) is 0.0714. The molecule has 0 aliphatic carbocycles. The summed E-state index contributed by atoms with van der Waals surface area (Å²) in [7, 11) is 0. The highest BCUT2D eigenvalue weighted by atomic mass is 79.9. The lowest BCUT2D eigenvalue weighted by Gasteiger charge is -2.12. The van der Waals surface area contributed by atoms with Gasteiger partial charge in [0.05, 0.1) is 5.56 Å². The smallest absolute Gasteiger partial charge is 0.131 e. The molecular weight excluding hydrogens is 372 g/mol. The van der Waals surface area contributed by atoms with Crippen LogP contribution in [0.5, 0.6) is 5.75 Å². The van der Waals surface area contributed by atoms with Crippen molar-refractivity contribution in [3.05, 3.63) is 62.5 Å². The quantitative estimate of drug-likeness (QED) is 0.617. The molecule has 0 aliphatic heterocycles. The summed E-state index contributed by atoms with van der Waals surface area (Å²) in [6.45, 7) is 0.415. The van der Waals surface area contributed by atoms with Crippen molar-refractivity contribution in [3.63, 3.8) is 0 Å². The monoisotopic (exact) mass is 382 g/mol. The number of nitrogen functional groups attached to an aromatic ring is 1. The van der Waals surface area contributed by atoms with Crippen LogP contribution in [-0.2, 0) is 6.61 Å². The molecule has 0 radical (unpaired) electrons. The van der Waals surface area contributed by atoms with Crippen molar-refractivity contribution in [2.75, 3.05) is 0 Å². The number of halogens is 2. The summed E-state index contributed by atoms with van der Waals surface area (Å²) in [5, 5.41) is 7.55. The van der Waals surface area contributed by atoms with Crippen LogP contribution in [0.25, 0.3) is 0 Å². The van der Waals surface area contributed by atoms with Crippen molar-refractivity contribution in [1.29, 1.82) is 5.41 Å². The van der Waals surface area contributed by atoms with Crippen LogP contribution in [0.3, 0.4) is 0 Å². The van der Waals surface area contributed by atoms with Crippen molar-refractivity contribution in [2.24, 2.45) is 5.73 Å². The van der Waals surface area contributed by atoms with Gasteiger partial charge >= 0.3 is 0 Å². The highest BCUT2D eigenvalue weighted by Gasteiger charge is 2.08. The van der Waals surface area contributed by atoms with Gasteiger partial charge in [-0.1, -0.05) is 50.1 Å². The molecule has 3 nitrogen and oxygen atoms in total. The second-order valence-corrected chi connectivity index (χ2v) is 5.70. The van der Waals surface area contributed by atoms with Gasteiger partial charge in [-0.15, -0.1) is 0 Å². The summed E-state index contributed by atoms with van der Waals surface area (Å²) in [4.78, 5) is 0. The van der Waals surface area contributed by atoms with Crippen LogP contribution in [0.1, 0.15) is 11.1 Å². The Hall–Kier alpha value is -1.33. The van der Waals surface area contributed by atoms with Crippen LogP contribution in [0.2, 0.25) is 0 Å². The molecule has 98 valence electrons. The molecule has 3 N–H and O–H groups in total. The van der Waals surface area contributed by atoms with Gasteiger partial charge in [-0.25, -0.2) is 0 Å². The molecule has 5 heteroatoms. The molecule has 0 aliphatic rings. The lowest BCUT2D eigenvalue weighted by molar-refractivity contribution is 0.304. The average Bonchev–Trinajstić information content (AvgIpc) is 2.37. The van der Waals surface area contributed by atoms with E-state index in [1.807, 2.05) is 36.4 Å². The van der Waals surface area contributed by atoms with Gasteiger partial charge in [-0.3, -0.25) is 5.41 Å². The van der Waals surface area contributed by atoms with Crippen molar-refractivity contribution < 1.29 is 4.74 Å². The number of benzene rings is 2. The van der Waals surface area contributed by atoms with Crippen LogP contribution >= 0.6 is 31.9 Å². The van der Waals surface area contributed by atoms with E-state index in [4.69, 9.17) is 15.9 Å². The molecule has 0 saturated heterocycles. The third kappa shape index (κ3) is 3.58. The Bertz CT molecular complexity index is 614. The second-order valence-electron chi connectivity index (χ2n) is 3.93. The first-order valence-electron chi connectivity index (χ1n) is 5.58. The number of hydrogen-bond acceptors (Lipinski definition) is 2. The van der Waals surface area contributed by atoms with E-state index < -0.39 is 0 Å². The molecule has 0 spiro atoms. The van der Waals surface area contributed by atoms with Crippen molar-refractivity contribution >= 4 is 37.7 Å². The number of ether oxygens (including phenoxy) is 1. The Kier molecular flexibility index (Phi) is 4.61. The van der Waals surface area contributed by atoms with Crippen molar-refractivity contribution in [3.8, 4) is 5.75 Å². The van der Waals surface area contributed by atoms with Gasteiger partial charge in [0.15, 0.2) is 0 Å².